The van der Waals surface area contributed by atoms with Crippen LogP contribution < -0.4 is 15.4 Å². The molecule has 1 unspecified atom stereocenters. The van der Waals surface area contributed by atoms with Crippen LogP contribution in [-0.4, -0.2) is 36.0 Å². The average Bonchev–Trinajstić information content (AvgIpc) is 3.10. The van der Waals surface area contributed by atoms with E-state index in [-0.39, 0.29) is 17.2 Å². The van der Waals surface area contributed by atoms with Crippen molar-refractivity contribution in [2.75, 3.05) is 25.1 Å². The summed E-state index contributed by atoms with van der Waals surface area (Å²) >= 11 is 0. The minimum Gasteiger partial charge on any atom is -0.496 e. The van der Waals surface area contributed by atoms with E-state index < -0.39 is 10.8 Å². The second kappa shape index (κ2) is 6.76. The van der Waals surface area contributed by atoms with Crippen LogP contribution in [0, 0.1) is 10.1 Å². The number of carbonyl (C=O) groups is 1. The Kier molecular flexibility index (Phi) is 4.51. The van der Waals surface area contributed by atoms with Crippen molar-refractivity contribution < 1.29 is 14.5 Å². The molecular formula is C17H18N4O4. The molecule has 8 heteroatoms. The van der Waals surface area contributed by atoms with Gasteiger partial charge in [-0.15, -0.1) is 0 Å². The maximum atomic E-state index is 11.7. The Balaban J connectivity index is 1.89. The van der Waals surface area contributed by atoms with Gasteiger partial charge in [0.2, 0.25) is 0 Å². The molecule has 0 spiro atoms. The van der Waals surface area contributed by atoms with Gasteiger partial charge < -0.3 is 15.4 Å². The fourth-order valence-corrected chi connectivity index (χ4v) is 3.19. The van der Waals surface area contributed by atoms with E-state index >= 15 is 0 Å². The van der Waals surface area contributed by atoms with Gasteiger partial charge in [-0.2, -0.15) is 0 Å². The van der Waals surface area contributed by atoms with Crippen molar-refractivity contribution in [1.82, 2.24) is 4.98 Å². The van der Waals surface area contributed by atoms with E-state index in [4.69, 9.17) is 10.5 Å². The summed E-state index contributed by atoms with van der Waals surface area (Å²) in [6.45, 7) is 1.30. The number of benzene rings is 1. The second-order valence-corrected chi connectivity index (χ2v) is 5.86. The summed E-state index contributed by atoms with van der Waals surface area (Å²) in [5.41, 5.74) is 6.30. The molecule has 1 saturated heterocycles. The molecule has 25 heavy (non-hydrogen) atoms. The molecule has 0 aliphatic carbocycles. The summed E-state index contributed by atoms with van der Waals surface area (Å²) in [5, 5.41) is 10.9. The SMILES string of the molecule is COc1ccccc1C1CCN(c2ncc([N+](=O)[O-])cc2C(N)=O)C1. The van der Waals surface area contributed by atoms with E-state index in [1.54, 1.807) is 7.11 Å². The Hall–Kier alpha value is -3.16. The van der Waals surface area contributed by atoms with Crippen LogP contribution in [0.1, 0.15) is 28.3 Å². The predicted octanol–water partition coefficient (Wildman–Crippen LogP) is 2.09. The molecule has 8 nitrogen and oxygen atoms in total. The monoisotopic (exact) mass is 342 g/mol. The quantitative estimate of drug-likeness (QED) is 0.658. The van der Waals surface area contributed by atoms with Crippen LogP contribution in [0.15, 0.2) is 36.5 Å². The molecule has 0 bridgehead atoms. The first-order chi connectivity index (χ1) is 12.0. The molecule has 1 aromatic heterocycles. The number of para-hydroxylation sites is 1. The highest BCUT2D eigenvalue weighted by Crippen LogP contribution is 2.36. The van der Waals surface area contributed by atoms with E-state index in [9.17, 15) is 14.9 Å². The Morgan fingerprint density at radius 2 is 2.20 bits per heavy atom. The number of nitrogens with zero attached hydrogens (tertiary/aromatic N) is 3. The minimum atomic E-state index is -0.730. The number of nitrogens with two attached hydrogens (primary N) is 1. The number of ether oxygens (including phenoxy) is 1. The maximum absolute atomic E-state index is 11.7. The number of carbonyl (C=O) groups excluding carboxylic acids is 1. The summed E-state index contributed by atoms with van der Waals surface area (Å²) in [7, 11) is 1.63. The van der Waals surface area contributed by atoms with Crippen molar-refractivity contribution in [2.24, 2.45) is 5.73 Å². The zero-order chi connectivity index (χ0) is 18.0. The number of aromatic nitrogens is 1. The molecule has 130 valence electrons. The van der Waals surface area contributed by atoms with Gasteiger partial charge in [-0.1, -0.05) is 18.2 Å². The molecular weight excluding hydrogens is 324 g/mol. The molecule has 1 aliphatic rings. The van der Waals surface area contributed by atoms with Crippen LogP contribution in [0.3, 0.4) is 0 Å². The van der Waals surface area contributed by atoms with Crippen molar-refractivity contribution in [3.05, 3.63) is 57.8 Å². The zero-order valence-electron chi connectivity index (χ0n) is 13.7. The van der Waals surface area contributed by atoms with E-state index in [1.807, 2.05) is 29.2 Å². The van der Waals surface area contributed by atoms with Crippen LogP contribution in [0.4, 0.5) is 11.5 Å². The molecule has 1 atom stereocenters. The highest BCUT2D eigenvalue weighted by Gasteiger charge is 2.29. The highest BCUT2D eigenvalue weighted by molar-refractivity contribution is 5.98. The molecule has 2 aromatic rings. The number of pyridine rings is 1. The van der Waals surface area contributed by atoms with E-state index in [0.717, 1.165) is 23.9 Å². The van der Waals surface area contributed by atoms with Crippen molar-refractivity contribution in [1.29, 1.82) is 0 Å². The summed E-state index contributed by atoms with van der Waals surface area (Å²) in [5.74, 6) is 0.692. The number of rotatable bonds is 5. The number of nitro groups is 1. The molecule has 0 radical (unpaired) electrons. The topological polar surface area (TPSA) is 112 Å². The number of primary amides is 1. The van der Waals surface area contributed by atoms with Gasteiger partial charge in [0.25, 0.3) is 11.6 Å². The Morgan fingerprint density at radius 3 is 2.88 bits per heavy atom. The lowest BCUT2D eigenvalue weighted by atomic mass is 9.97. The van der Waals surface area contributed by atoms with Crippen LogP contribution >= 0.6 is 0 Å². The minimum absolute atomic E-state index is 0.0647. The smallest absolute Gasteiger partial charge is 0.288 e. The van der Waals surface area contributed by atoms with E-state index in [0.29, 0.717) is 18.9 Å². The van der Waals surface area contributed by atoms with Gasteiger partial charge in [0.05, 0.1) is 17.6 Å². The number of amides is 1. The van der Waals surface area contributed by atoms with Gasteiger partial charge in [-0.25, -0.2) is 4.98 Å². The first-order valence-corrected chi connectivity index (χ1v) is 7.83. The largest absolute Gasteiger partial charge is 0.496 e. The first kappa shape index (κ1) is 16.7. The molecule has 2 heterocycles. The molecule has 0 saturated carbocycles. The van der Waals surface area contributed by atoms with Crippen molar-refractivity contribution >= 4 is 17.4 Å². The lowest BCUT2D eigenvalue weighted by Gasteiger charge is -2.20. The third kappa shape index (κ3) is 3.23. The van der Waals surface area contributed by atoms with Gasteiger partial charge in [0, 0.05) is 25.1 Å². The second-order valence-electron chi connectivity index (χ2n) is 5.86. The molecule has 1 amide bonds. The third-order valence-corrected chi connectivity index (χ3v) is 4.40. The van der Waals surface area contributed by atoms with Gasteiger partial charge in [-0.05, 0) is 18.1 Å². The number of hydrogen-bond acceptors (Lipinski definition) is 6. The lowest BCUT2D eigenvalue weighted by molar-refractivity contribution is -0.385. The van der Waals surface area contributed by atoms with E-state index in [2.05, 4.69) is 4.98 Å². The Labute approximate surface area is 144 Å². The van der Waals surface area contributed by atoms with Gasteiger partial charge in [-0.3, -0.25) is 14.9 Å². The van der Waals surface area contributed by atoms with Crippen molar-refractivity contribution in [2.45, 2.75) is 12.3 Å². The molecule has 2 N–H and O–H groups in total. The van der Waals surface area contributed by atoms with Crippen LogP contribution in [0.2, 0.25) is 0 Å². The summed E-state index contributed by atoms with van der Waals surface area (Å²) < 4.78 is 5.42. The Bertz CT molecular complexity index is 824. The van der Waals surface area contributed by atoms with Crippen molar-refractivity contribution in [3.63, 3.8) is 0 Å². The molecule has 3 rings (SSSR count). The predicted molar refractivity (Wildman–Crippen MR) is 92.0 cm³/mol. The molecule has 1 aromatic carbocycles. The lowest BCUT2D eigenvalue weighted by Crippen LogP contribution is -2.25. The summed E-state index contributed by atoms with van der Waals surface area (Å²) in [6.07, 6.45) is 2.01. The van der Waals surface area contributed by atoms with Gasteiger partial charge in [0.15, 0.2) is 0 Å². The van der Waals surface area contributed by atoms with Crippen LogP contribution in [0.5, 0.6) is 5.75 Å². The fraction of sp³-hybridized carbons (Fsp3) is 0.294. The highest BCUT2D eigenvalue weighted by atomic mass is 16.6. The summed E-state index contributed by atoms with van der Waals surface area (Å²) in [4.78, 5) is 28.1. The van der Waals surface area contributed by atoms with Crippen molar-refractivity contribution in [3.8, 4) is 5.75 Å². The summed E-state index contributed by atoms with van der Waals surface area (Å²) in [6, 6.07) is 8.99. The first-order valence-electron chi connectivity index (χ1n) is 7.83. The number of hydrogen-bond donors (Lipinski definition) is 1. The fourth-order valence-electron chi connectivity index (χ4n) is 3.19. The third-order valence-electron chi connectivity index (χ3n) is 4.40. The standard InChI is InChI=1S/C17H18N4O4/c1-25-15-5-3-2-4-13(15)11-6-7-20(10-11)17-14(16(18)22)8-12(9-19-17)21(23)24/h2-5,8-9,11H,6-7,10H2,1H3,(H2,18,22). The average molecular weight is 342 g/mol. The normalized spacial score (nSPS) is 16.7. The van der Waals surface area contributed by atoms with E-state index in [1.165, 1.54) is 6.07 Å². The maximum Gasteiger partial charge on any atom is 0.288 e. The Morgan fingerprint density at radius 1 is 1.44 bits per heavy atom. The number of anilines is 1. The molecule has 1 aliphatic heterocycles. The van der Waals surface area contributed by atoms with Crippen LogP contribution in [-0.2, 0) is 0 Å². The zero-order valence-corrected chi connectivity index (χ0v) is 13.7. The van der Waals surface area contributed by atoms with Gasteiger partial charge in [0.1, 0.15) is 17.8 Å². The van der Waals surface area contributed by atoms with Gasteiger partial charge >= 0.3 is 0 Å². The molecule has 1 fully saturated rings. The van der Waals surface area contributed by atoms with Crippen LogP contribution in [0.25, 0.3) is 0 Å². The number of methoxy groups -OCH3 is 1.